The van der Waals surface area contributed by atoms with Gasteiger partial charge in [0.2, 0.25) is 11.8 Å². The third kappa shape index (κ3) is 4.45. The Morgan fingerprint density at radius 1 is 1.36 bits per heavy atom. The number of nitrogens with zero attached hydrogens (tertiary/aromatic N) is 1. The molecule has 1 fully saturated rings. The maximum absolute atomic E-state index is 12.2. The fraction of sp³-hybridized carbons (Fsp3) is 0.500. The van der Waals surface area contributed by atoms with E-state index in [2.05, 4.69) is 5.32 Å². The van der Waals surface area contributed by atoms with Gasteiger partial charge >= 0.3 is 0 Å². The van der Waals surface area contributed by atoms with Crippen LogP contribution in [0, 0.1) is 5.92 Å². The second kappa shape index (κ2) is 7.61. The summed E-state index contributed by atoms with van der Waals surface area (Å²) < 4.78 is 5.72. The summed E-state index contributed by atoms with van der Waals surface area (Å²) in [4.78, 5) is 25.4. The molecule has 0 bridgehead atoms. The van der Waals surface area contributed by atoms with Crippen molar-refractivity contribution in [2.75, 3.05) is 26.2 Å². The van der Waals surface area contributed by atoms with E-state index in [9.17, 15) is 9.59 Å². The van der Waals surface area contributed by atoms with E-state index in [-0.39, 0.29) is 30.4 Å². The van der Waals surface area contributed by atoms with Crippen molar-refractivity contribution in [3.63, 3.8) is 0 Å². The number of benzene rings is 1. The average Bonchev–Trinajstić information content (AvgIpc) is 2.53. The van der Waals surface area contributed by atoms with E-state index in [4.69, 9.17) is 16.3 Å². The minimum absolute atomic E-state index is 0.0321. The third-order valence-corrected chi connectivity index (χ3v) is 3.85. The molecule has 6 heteroatoms. The van der Waals surface area contributed by atoms with Gasteiger partial charge < -0.3 is 15.0 Å². The SMILES string of the molecule is CC(C)C(=O)NCC(=O)N1CCOC(c2ccc(Cl)cc2)C1. The predicted octanol–water partition coefficient (Wildman–Crippen LogP) is 2.01. The van der Waals surface area contributed by atoms with Gasteiger partial charge in [-0.3, -0.25) is 9.59 Å². The molecule has 1 aliphatic heterocycles. The highest BCUT2D eigenvalue weighted by Gasteiger charge is 2.25. The number of hydrogen-bond acceptors (Lipinski definition) is 3. The molecule has 0 aromatic heterocycles. The smallest absolute Gasteiger partial charge is 0.242 e. The van der Waals surface area contributed by atoms with Crippen LogP contribution in [-0.2, 0) is 14.3 Å². The molecule has 2 amide bonds. The number of morpholine rings is 1. The van der Waals surface area contributed by atoms with Gasteiger partial charge in [-0.05, 0) is 17.7 Å². The van der Waals surface area contributed by atoms with Gasteiger partial charge in [0.25, 0.3) is 0 Å². The van der Waals surface area contributed by atoms with E-state index in [0.29, 0.717) is 24.7 Å². The van der Waals surface area contributed by atoms with Crippen LogP contribution >= 0.6 is 11.6 Å². The van der Waals surface area contributed by atoms with Crippen molar-refractivity contribution in [1.29, 1.82) is 0 Å². The Balaban J connectivity index is 1.91. The van der Waals surface area contributed by atoms with Gasteiger partial charge in [0.1, 0.15) is 6.10 Å². The molecule has 22 heavy (non-hydrogen) atoms. The molecule has 0 aliphatic carbocycles. The number of carbonyl (C=O) groups is 2. The van der Waals surface area contributed by atoms with Crippen LogP contribution in [0.5, 0.6) is 0 Å². The summed E-state index contributed by atoms with van der Waals surface area (Å²) in [6.07, 6.45) is -0.157. The molecule has 0 spiro atoms. The van der Waals surface area contributed by atoms with Crippen molar-refractivity contribution in [2.24, 2.45) is 5.92 Å². The van der Waals surface area contributed by atoms with Gasteiger partial charge in [-0.1, -0.05) is 37.6 Å². The van der Waals surface area contributed by atoms with Crippen LogP contribution in [0.2, 0.25) is 5.02 Å². The van der Waals surface area contributed by atoms with Gasteiger partial charge in [0.05, 0.1) is 19.7 Å². The fourth-order valence-electron chi connectivity index (χ4n) is 2.23. The normalized spacial score (nSPS) is 18.4. The zero-order valence-corrected chi connectivity index (χ0v) is 13.6. The number of amides is 2. The van der Waals surface area contributed by atoms with Crippen molar-refractivity contribution in [2.45, 2.75) is 20.0 Å². The van der Waals surface area contributed by atoms with Gasteiger partial charge in [0, 0.05) is 17.5 Å². The van der Waals surface area contributed by atoms with E-state index in [1.54, 1.807) is 18.7 Å². The Morgan fingerprint density at radius 2 is 2.05 bits per heavy atom. The van der Waals surface area contributed by atoms with Gasteiger partial charge in [0.15, 0.2) is 0 Å². The molecule has 5 nitrogen and oxygen atoms in total. The lowest BCUT2D eigenvalue weighted by Gasteiger charge is -2.33. The Morgan fingerprint density at radius 3 is 2.68 bits per heavy atom. The predicted molar refractivity (Wildman–Crippen MR) is 84.6 cm³/mol. The molecular formula is C16H21ClN2O3. The Kier molecular flexibility index (Phi) is 5.80. The number of carbonyl (C=O) groups excluding carboxylic acids is 2. The molecule has 2 rings (SSSR count). The monoisotopic (exact) mass is 324 g/mol. The lowest BCUT2D eigenvalue weighted by molar-refractivity contribution is -0.139. The summed E-state index contributed by atoms with van der Waals surface area (Å²) in [5.74, 6) is -0.327. The summed E-state index contributed by atoms with van der Waals surface area (Å²) in [5.41, 5.74) is 0.994. The molecule has 1 aromatic carbocycles. The van der Waals surface area contributed by atoms with Crippen LogP contribution in [-0.4, -0.2) is 43.0 Å². The summed E-state index contributed by atoms with van der Waals surface area (Å²) >= 11 is 5.88. The lowest BCUT2D eigenvalue weighted by atomic mass is 10.1. The Labute approximate surface area is 135 Å². The summed E-state index contributed by atoms with van der Waals surface area (Å²) in [6, 6.07) is 7.43. The molecule has 0 radical (unpaired) electrons. The number of rotatable bonds is 4. The number of halogens is 1. The van der Waals surface area contributed by atoms with Gasteiger partial charge in [-0.25, -0.2) is 0 Å². The van der Waals surface area contributed by atoms with Crippen molar-refractivity contribution in [3.8, 4) is 0 Å². The summed E-state index contributed by atoms with van der Waals surface area (Å²) in [6.45, 7) is 5.14. The molecule has 1 atom stereocenters. The number of hydrogen-bond donors (Lipinski definition) is 1. The first kappa shape index (κ1) is 16.8. The summed E-state index contributed by atoms with van der Waals surface area (Å²) in [5, 5.41) is 3.32. The van der Waals surface area contributed by atoms with Crippen molar-refractivity contribution in [1.82, 2.24) is 10.2 Å². The van der Waals surface area contributed by atoms with Crippen LogP contribution in [0.15, 0.2) is 24.3 Å². The van der Waals surface area contributed by atoms with E-state index in [1.807, 2.05) is 24.3 Å². The van der Waals surface area contributed by atoms with E-state index in [1.165, 1.54) is 0 Å². The largest absolute Gasteiger partial charge is 0.370 e. The first-order valence-electron chi connectivity index (χ1n) is 7.40. The molecule has 1 aliphatic rings. The van der Waals surface area contributed by atoms with Crippen molar-refractivity contribution >= 4 is 23.4 Å². The molecule has 0 saturated carbocycles. The van der Waals surface area contributed by atoms with E-state index in [0.717, 1.165) is 5.56 Å². The maximum atomic E-state index is 12.2. The highest BCUT2D eigenvalue weighted by molar-refractivity contribution is 6.30. The standard InChI is InChI=1S/C16H21ClN2O3/c1-11(2)16(21)18-9-15(20)19-7-8-22-14(10-19)12-3-5-13(17)6-4-12/h3-6,11,14H,7-10H2,1-2H3,(H,18,21). The van der Waals surface area contributed by atoms with E-state index >= 15 is 0 Å². The number of ether oxygens (including phenoxy) is 1. The van der Waals surface area contributed by atoms with Crippen molar-refractivity contribution < 1.29 is 14.3 Å². The quantitative estimate of drug-likeness (QED) is 0.921. The lowest BCUT2D eigenvalue weighted by Crippen LogP contribution is -2.47. The maximum Gasteiger partial charge on any atom is 0.242 e. The molecular weight excluding hydrogens is 304 g/mol. The van der Waals surface area contributed by atoms with Crippen LogP contribution < -0.4 is 5.32 Å². The first-order chi connectivity index (χ1) is 10.5. The van der Waals surface area contributed by atoms with Gasteiger partial charge in [-0.15, -0.1) is 0 Å². The first-order valence-corrected chi connectivity index (χ1v) is 7.77. The highest BCUT2D eigenvalue weighted by Crippen LogP contribution is 2.23. The zero-order valence-electron chi connectivity index (χ0n) is 12.8. The molecule has 1 saturated heterocycles. The molecule has 120 valence electrons. The highest BCUT2D eigenvalue weighted by atomic mass is 35.5. The fourth-order valence-corrected chi connectivity index (χ4v) is 2.36. The van der Waals surface area contributed by atoms with Crippen LogP contribution in [0.4, 0.5) is 0 Å². The average molecular weight is 325 g/mol. The number of nitrogens with one attached hydrogen (secondary N) is 1. The third-order valence-electron chi connectivity index (χ3n) is 3.60. The second-order valence-corrected chi connectivity index (χ2v) is 6.06. The molecule has 1 unspecified atom stereocenters. The van der Waals surface area contributed by atoms with Crippen molar-refractivity contribution in [3.05, 3.63) is 34.9 Å². The second-order valence-electron chi connectivity index (χ2n) is 5.62. The Bertz CT molecular complexity index is 531. The topological polar surface area (TPSA) is 58.6 Å². The van der Waals surface area contributed by atoms with Crippen LogP contribution in [0.1, 0.15) is 25.5 Å². The van der Waals surface area contributed by atoms with Crippen LogP contribution in [0.3, 0.4) is 0 Å². The Hall–Kier alpha value is -1.59. The minimum Gasteiger partial charge on any atom is -0.370 e. The molecule has 1 aromatic rings. The molecule has 1 heterocycles. The van der Waals surface area contributed by atoms with Gasteiger partial charge in [-0.2, -0.15) is 0 Å². The zero-order chi connectivity index (χ0) is 16.1. The summed E-state index contributed by atoms with van der Waals surface area (Å²) in [7, 11) is 0. The molecule has 1 N–H and O–H groups in total. The van der Waals surface area contributed by atoms with E-state index < -0.39 is 0 Å². The minimum atomic E-state index is -0.157. The van der Waals surface area contributed by atoms with Crippen LogP contribution in [0.25, 0.3) is 0 Å².